The first kappa shape index (κ1) is 18.7. The average molecular weight is 368 g/mol. The van der Waals surface area contributed by atoms with E-state index in [1.165, 1.54) is 24.4 Å². The number of ether oxygens (including phenoxy) is 2. The minimum absolute atomic E-state index is 0.0233. The Morgan fingerprint density at radius 2 is 1.76 bits per heavy atom. The number of carbonyl (C=O) groups excluding carboxylic acids is 1. The van der Waals surface area contributed by atoms with Crippen molar-refractivity contribution in [1.82, 2.24) is 4.90 Å². The molecule has 0 amide bonds. The summed E-state index contributed by atoms with van der Waals surface area (Å²) >= 11 is 5.83. The maximum atomic E-state index is 12.8. The van der Waals surface area contributed by atoms with Gasteiger partial charge in [-0.05, 0) is 36.4 Å². The van der Waals surface area contributed by atoms with Gasteiger partial charge in [0.1, 0.15) is 11.5 Å². The second kappa shape index (κ2) is 8.48. The fraction of sp³-hybridized carbons (Fsp3) is 0.167. The molecule has 132 valence electrons. The first-order valence-electron chi connectivity index (χ1n) is 7.27. The van der Waals surface area contributed by atoms with Gasteiger partial charge in [0, 0.05) is 25.3 Å². The Balaban J connectivity index is 2.35. The monoisotopic (exact) mass is 367 g/mol. The number of rotatable bonds is 7. The van der Waals surface area contributed by atoms with E-state index in [1.807, 2.05) is 0 Å². The lowest BCUT2D eigenvalue weighted by molar-refractivity contribution is -0.0501. The highest BCUT2D eigenvalue weighted by Gasteiger charge is 2.21. The van der Waals surface area contributed by atoms with Crippen LogP contribution in [0.3, 0.4) is 0 Å². The number of nitrogens with zero attached hydrogens (tertiary/aromatic N) is 1. The lowest BCUT2D eigenvalue weighted by Crippen LogP contribution is -2.16. The van der Waals surface area contributed by atoms with E-state index in [0.717, 1.165) is 0 Å². The Labute approximate surface area is 149 Å². The third kappa shape index (κ3) is 5.46. The summed E-state index contributed by atoms with van der Waals surface area (Å²) in [4.78, 5) is 14.4. The Hall–Kier alpha value is -2.60. The lowest BCUT2D eigenvalue weighted by Gasteiger charge is -2.15. The SMILES string of the molecule is CN(C)/C=C(\Oc1ccc(Cl)cc1)C(=O)c1ccccc1OC(F)F. The number of para-hydroxylation sites is 1. The molecule has 7 heteroatoms. The minimum atomic E-state index is -3.03. The van der Waals surface area contributed by atoms with Crippen molar-refractivity contribution in [2.24, 2.45) is 0 Å². The third-order valence-corrected chi connectivity index (χ3v) is 3.24. The van der Waals surface area contributed by atoms with E-state index in [-0.39, 0.29) is 17.1 Å². The summed E-state index contributed by atoms with van der Waals surface area (Å²) in [5.41, 5.74) is -0.0233. The van der Waals surface area contributed by atoms with Gasteiger partial charge >= 0.3 is 6.61 Å². The summed E-state index contributed by atoms with van der Waals surface area (Å²) < 4.78 is 35.2. The molecule has 25 heavy (non-hydrogen) atoms. The number of hydrogen-bond acceptors (Lipinski definition) is 4. The van der Waals surface area contributed by atoms with Gasteiger partial charge < -0.3 is 14.4 Å². The van der Waals surface area contributed by atoms with Crippen LogP contribution >= 0.6 is 11.6 Å². The number of alkyl halides is 2. The van der Waals surface area contributed by atoms with Crippen LogP contribution in [-0.2, 0) is 0 Å². The van der Waals surface area contributed by atoms with Gasteiger partial charge in [0.25, 0.3) is 0 Å². The van der Waals surface area contributed by atoms with Crippen LogP contribution in [0.4, 0.5) is 8.78 Å². The summed E-state index contributed by atoms with van der Waals surface area (Å²) in [5, 5.41) is 0.521. The minimum Gasteiger partial charge on any atom is -0.452 e. The van der Waals surface area contributed by atoms with E-state index in [2.05, 4.69) is 4.74 Å². The van der Waals surface area contributed by atoms with Crippen molar-refractivity contribution < 1.29 is 23.0 Å². The number of ketones is 1. The molecule has 0 fully saturated rings. The Bertz CT molecular complexity index is 761. The van der Waals surface area contributed by atoms with Crippen LogP contribution in [-0.4, -0.2) is 31.4 Å². The Morgan fingerprint density at radius 3 is 2.36 bits per heavy atom. The second-order valence-electron chi connectivity index (χ2n) is 5.22. The van der Waals surface area contributed by atoms with Gasteiger partial charge in [-0.25, -0.2) is 0 Å². The van der Waals surface area contributed by atoms with Crippen molar-refractivity contribution in [3.63, 3.8) is 0 Å². The number of hydrogen-bond donors (Lipinski definition) is 0. The zero-order valence-electron chi connectivity index (χ0n) is 13.6. The maximum Gasteiger partial charge on any atom is 0.387 e. The molecule has 0 saturated heterocycles. The number of allylic oxidation sites excluding steroid dienone is 1. The largest absolute Gasteiger partial charge is 0.452 e. The smallest absolute Gasteiger partial charge is 0.387 e. The average Bonchev–Trinajstić information content (AvgIpc) is 2.55. The Morgan fingerprint density at radius 1 is 1.12 bits per heavy atom. The van der Waals surface area contributed by atoms with Crippen molar-refractivity contribution in [2.45, 2.75) is 6.61 Å². The first-order valence-corrected chi connectivity index (χ1v) is 7.65. The molecule has 0 aliphatic heterocycles. The summed E-state index contributed by atoms with van der Waals surface area (Å²) in [6.07, 6.45) is 1.45. The molecule has 0 aliphatic rings. The van der Waals surface area contributed by atoms with Crippen LogP contribution in [0.2, 0.25) is 5.02 Å². The van der Waals surface area contributed by atoms with Gasteiger partial charge in [0.05, 0.1) is 5.56 Å². The van der Waals surface area contributed by atoms with Crippen LogP contribution in [0.5, 0.6) is 11.5 Å². The quantitative estimate of drug-likeness (QED) is 0.407. The van der Waals surface area contributed by atoms with Crippen LogP contribution in [0, 0.1) is 0 Å². The van der Waals surface area contributed by atoms with Crippen LogP contribution in [0.25, 0.3) is 0 Å². The van der Waals surface area contributed by atoms with Gasteiger partial charge in [-0.15, -0.1) is 0 Å². The molecule has 0 unspecified atom stereocenters. The fourth-order valence-corrected chi connectivity index (χ4v) is 2.11. The molecule has 0 atom stereocenters. The number of Topliss-reactive ketones (excluding diaryl/α,β-unsaturated/α-hetero) is 1. The zero-order chi connectivity index (χ0) is 18.4. The predicted molar refractivity (Wildman–Crippen MR) is 91.3 cm³/mol. The molecule has 2 rings (SSSR count). The van der Waals surface area contributed by atoms with E-state index in [0.29, 0.717) is 10.8 Å². The molecule has 0 aliphatic carbocycles. The van der Waals surface area contributed by atoms with Crippen molar-refractivity contribution in [1.29, 1.82) is 0 Å². The summed E-state index contributed by atoms with van der Waals surface area (Å²) in [6.45, 7) is -3.03. The molecule has 0 saturated carbocycles. The molecule has 0 bridgehead atoms. The standard InChI is InChI=1S/C18H16ClF2NO3/c1-22(2)11-16(24-13-9-7-12(19)8-10-13)17(23)14-5-3-4-6-15(14)25-18(20)21/h3-11,18H,1-2H3/b16-11-. The molecule has 2 aromatic carbocycles. The van der Waals surface area contributed by atoms with Gasteiger partial charge in [-0.3, -0.25) is 4.79 Å². The van der Waals surface area contributed by atoms with Gasteiger partial charge in [-0.1, -0.05) is 23.7 Å². The first-order chi connectivity index (χ1) is 11.9. The van der Waals surface area contributed by atoms with E-state index >= 15 is 0 Å². The van der Waals surface area contributed by atoms with E-state index in [4.69, 9.17) is 16.3 Å². The van der Waals surface area contributed by atoms with Crippen LogP contribution in [0.1, 0.15) is 10.4 Å². The number of benzene rings is 2. The van der Waals surface area contributed by atoms with Crippen molar-refractivity contribution in [3.05, 3.63) is 71.1 Å². The molecule has 0 heterocycles. The number of halogens is 3. The third-order valence-electron chi connectivity index (χ3n) is 2.99. The highest BCUT2D eigenvalue weighted by atomic mass is 35.5. The number of carbonyl (C=O) groups is 1. The van der Waals surface area contributed by atoms with Gasteiger partial charge in [-0.2, -0.15) is 8.78 Å². The highest BCUT2D eigenvalue weighted by Crippen LogP contribution is 2.25. The lowest BCUT2D eigenvalue weighted by atomic mass is 10.1. The summed E-state index contributed by atoms with van der Waals surface area (Å²) in [5.74, 6) is -0.456. The van der Waals surface area contributed by atoms with Gasteiger partial charge in [0.2, 0.25) is 5.78 Å². The Kier molecular flexibility index (Phi) is 6.36. The molecular formula is C18H16ClF2NO3. The van der Waals surface area contributed by atoms with E-state index in [1.54, 1.807) is 49.3 Å². The fourth-order valence-electron chi connectivity index (χ4n) is 1.98. The molecule has 0 radical (unpaired) electrons. The molecule has 0 spiro atoms. The zero-order valence-corrected chi connectivity index (χ0v) is 14.3. The van der Waals surface area contributed by atoms with Crippen molar-refractivity contribution >= 4 is 17.4 Å². The molecule has 0 N–H and O–H groups in total. The predicted octanol–water partition coefficient (Wildman–Crippen LogP) is 4.61. The molecular weight excluding hydrogens is 352 g/mol. The topological polar surface area (TPSA) is 38.8 Å². The summed E-state index contributed by atoms with van der Waals surface area (Å²) in [7, 11) is 3.42. The maximum absolute atomic E-state index is 12.8. The van der Waals surface area contributed by atoms with Crippen LogP contribution < -0.4 is 9.47 Å². The highest BCUT2D eigenvalue weighted by molar-refractivity contribution is 6.30. The molecule has 0 aromatic heterocycles. The molecule has 2 aromatic rings. The summed E-state index contributed by atoms with van der Waals surface area (Å²) in [6, 6.07) is 12.2. The van der Waals surface area contributed by atoms with E-state index < -0.39 is 12.4 Å². The van der Waals surface area contributed by atoms with Gasteiger partial charge in [0.15, 0.2) is 5.76 Å². The second-order valence-corrected chi connectivity index (χ2v) is 5.65. The van der Waals surface area contributed by atoms with E-state index in [9.17, 15) is 13.6 Å². The van der Waals surface area contributed by atoms with Crippen LogP contribution in [0.15, 0.2) is 60.5 Å². The molecule has 4 nitrogen and oxygen atoms in total. The van der Waals surface area contributed by atoms with Crippen molar-refractivity contribution in [3.8, 4) is 11.5 Å². The van der Waals surface area contributed by atoms with Crippen molar-refractivity contribution in [2.75, 3.05) is 14.1 Å². The normalized spacial score (nSPS) is 11.4.